The van der Waals surface area contributed by atoms with Gasteiger partial charge in [-0.25, -0.2) is 4.79 Å². The number of likely N-dealkylation sites (tertiary alicyclic amines) is 1. The first-order valence-electron chi connectivity index (χ1n) is 8.83. The molecular weight excluding hydrogens is 308 g/mol. The van der Waals surface area contributed by atoms with Crippen LogP contribution in [-0.4, -0.2) is 54.5 Å². The molecule has 3 atom stereocenters. The Morgan fingerprint density at radius 2 is 2.21 bits per heavy atom. The molecule has 4 rings (SSSR count). The second-order valence-electron chi connectivity index (χ2n) is 7.32. The molecule has 0 unspecified atom stereocenters. The van der Waals surface area contributed by atoms with Gasteiger partial charge in [0.25, 0.3) is 0 Å². The van der Waals surface area contributed by atoms with E-state index in [9.17, 15) is 9.59 Å². The zero-order valence-corrected chi connectivity index (χ0v) is 14.1. The smallest absolute Gasteiger partial charge is 0.373 e. The van der Waals surface area contributed by atoms with Crippen molar-refractivity contribution in [3.05, 3.63) is 23.7 Å². The minimum atomic E-state index is -0.437. The molecule has 0 saturated carbocycles. The standard InChI is InChI=1S/C18H24N2O4/c1-23-18(22)16-6-5-14(24-16)11-19-8-12-7-13(10-19)15-3-2-4-17(21)20(15)9-12/h5-6,12-13,15H,2-4,7-11H2,1H3/t12-,13-,15-/m0/s1. The number of amides is 1. The Labute approximate surface area is 141 Å². The molecule has 1 aromatic heterocycles. The number of rotatable bonds is 3. The van der Waals surface area contributed by atoms with Crippen LogP contribution in [0.4, 0.5) is 0 Å². The number of nitrogens with zero attached hydrogens (tertiary/aromatic N) is 2. The number of fused-ring (bicyclic) bond motifs is 4. The molecule has 0 radical (unpaired) electrons. The number of hydrogen-bond donors (Lipinski definition) is 0. The van der Waals surface area contributed by atoms with Crippen molar-refractivity contribution in [2.75, 3.05) is 26.7 Å². The van der Waals surface area contributed by atoms with E-state index in [0.29, 0.717) is 30.3 Å². The summed E-state index contributed by atoms with van der Waals surface area (Å²) in [6.45, 7) is 3.60. The van der Waals surface area contributed by atoms with Crippen molar-refractivity contribution < 1.29 is 18.7 Å². The Morgan fingerprint density at radius 3 is 3.04 bits per heavy atom. The van der Waals surface area contributed by atoms with E-state index >= 15 is 0 Å². The number of methoxy groups -OCH3 is 1. The quantitative estimate of drug-likeness (QED) is 0.791. The number of carbonyl (C=O) groups excluding carboxylic acids is 2. The lowest BCUT2D eigenvalue weighted by molar-refractivity contribution is -0.145. The summed E-state index contributed by atoms with van der Waals surface area (Å²) in [5.74, 6) is 2.09. The van der Waals surface area contributed by atoms with Gasteiger partial charge < -0.3 is 14.1 Å². The number of furan rings is 1. The van der Waals surface area contributed by atoms with Crippen LogP contribution in [0.1, 0.15) is 42.0 Å². The van der Waals surface area contributed by atoms with Crippen LogP contribution in [0.5, 0.6) is 0 Å². The average molecular weight is 332 g/mol. The highest BCUT2D eigenvalue weighted by molar-refractivity contribution is 5.86. The summed E-state index contributed by atoms with van der Waals surface area (Å²) in [5, 5.41) is 0. The second-order valence-corrected chi connectivity index (χ2v) is 7.32. The van der Waals surface area contributed by atoms with Crippen LogP contribution < -0.4 is 0 Å². The van der Waals surface area contributed by atoms with Crippen molar-refractivity contribution >= 4 is 11.9 Å². The molecule has 6 heteroatoms. The topological polar surface area (TPSA) is 63.0 Å². The third kappa shape index (κ3) is 2.83. The lowest BCUT2D eigenvalue weighted by Gasteiger charge is -2.52. The van der Waals surface area contributed by atoms with Crippen LogP contribution in [0, 0.1) is 11.8 Å². The van der Waals surface area contributed by atoms with Gasteiger partial charge in [0.05, 0.1) is 13.7 Å². The molecule has 1 amide bonds. The number of piperidine rings is 3. The van der Waals surface area contributed by atoms with E-state index in [-0.39, 0.29) is 5.76 Å². The number of ether oxygens (including phenoxy) is 1. The third-order valence-corrected chi connectivity index (χ3v) is 5.68. The molecule has 0 aliphatic carbocycles. The van der Waals surface area contributed by atoms with Crippen LogP contribution in [0.15, 0.2) is 16.5 Å². The SMILES string of the molecule is COC(=O)c1ccc(CN2C[C@@H]3C[C@@H](C2)[C@@H]2CCCC(=O)N2C3)o1. The summed E-state index contributed by atoms with van der Waals surface area (Å²) in [5.41, 5.74) is 0. The van der Waals surface area contributed by atoms with Gasteiger partial charge in [0.15, 0.2) is 0 Å². The third-order valence-electron chi connectivity index (χ3n) is 5.68. The maximum atomic E-state index is 12.2. The van der Waals surface area contributed by atoms with E-state index in [0.717, 1.165) is 44.7 Å². The van der Waals surface area contributed by atoms with Crippen molar-refractivity contribution in [2.45, 2.75) is 38.3 Å². The molecule has 6 nitrogen and oxygen atoms in total. The van der Waals surface area contributed by atoms with Crippen molar-refractivity contribution in [1.29, 1.82) is 0 Å². The van der Waals surface area contributed by atoms with Crippen LogP contribution in [-0.2, 0) is 16.1 Å². The predicted octanol–water partition coefficient (Wildman–Crippen LogP) is 1.90. The predicted molar refractivity (Wildman–Crippen MR) is 86.3 cm³/mol. The Morgan fingerprint density at radius 1 is 1.33 bits per heavy atom. The molecule has 24 heavy (non-hydrogen) atoms. The number of hydrogen-bond acceptors (Lipinski definition) is 5. The summed E-state index contributed by atoms with van der Waals surface area (Å²) in [4.78, 5) is 28.2. The highest BCUT2D eigenvalue weighted by Gasteiger charge is 2.43. The first-order valence-corrected chi connectivity index (χ1v) is 8.83. The molecule has 0 aromatic carbocycles. The summed E-state index contributed by atoms with van der Waals surface area (Å²) >= 11 is 0. The van der Waals surface area contributed by atoms with Gasteiger partial charge in [-0.1, -0.05) is 0 Å². The van der Waals surface area contributed by atoms with Gasteiger partial charge in [-0.2, -0.15) is 0 Å². The Bertz CT molecular complexity index is 641. The summed E-state index contributed by atoms with van der Waals surface area (Å²) in [6, 6.07) is 3.95. The minimum Gasteiger partial charge on any atom is -0.463 e. The molecule has 0 spiro atoms. The van der Waals surface area contributed by atoms with E-state index in [1.165, 1.54) is 13.5 Å². The van der Waals surface area contributed by atoms with Crippen molar-refractivity contribution in [3.8, 4) is 0 Å². The molecule has 1 aromatic rings. The Kier molecular flexibility index (Phi) is 4.08. The Hall–Kier alpha value is -1.82. The van der Waals surface area contributed by atoms with Crippen molar-refractivity contribution in [1.82, 2.24) is 9.80 Å². The summed E-state index contributed by atoms with van der Waals surface area (Å²) in [6.07, 6.45) is 4.13. The van der Waals surface area contributed by atoms with Gasteiger partial charge in [-0.3, -0.25) is 9.69 Å². The largest absolute Gasteiger partial charge is 0.463 e. The molecule has 3 fully saturated rings. The van der Waals surface area contributed by atoms with Crippen LogP contribution in [0.25, 0.3) is 0 Å². The van der Waals surface area contributed by atoms with Gasteiger partial charge in [0, 0.05) is 32.1 Å². The summed E-state index contributed by atoms with van der Waals surface area (Å²) < 4.78 is 10.3. The molecule has 2 bridgehead atoms. The van der Waals surface area contributed by atoms with Crippen LogP contribution in [0.2, 0.25) is 0 Å². The first kappa shape index (κ1) is 15.7. The van der Waals surface area contributed by atoms with Gasteiger partial charge in [-0.15, -0.1) is 0 Å². The van der Waals surface area contributed by atoms with E-state index in [4.69, 9.17) is 4.42 Å². The lowest BCUT2D eigenvalue weighted by atomic mass is 9.76. The monoisotopic (exact) mass is 332 g/mol. The molecule has 0 N–H and O–H groups in total. The molecule has 3 aliphatic rings. The fourth-order valence-electron chi connectivity index (χ4n) is 4.73. The first-order chi connectivity index (χ1) is 11.6. The van der Waals surface area contributed by atoms with Gasteiger partial charge in [-0.05, 0) is 43.2 Å². The molecule has 4 heterocycles. The molecule has 130 valence electrons. The van der Waals surface area contributed by atoms with Crippen LogP contribution in [0.3, 0.4) is 0 Å². The van der Waals surface area contributed by atoms with E-state index in [2.05, 4.69) is 14.5 Å². The normalized spacial score (nSPS) is 30.1. The number of esters is 1. The minimum absolute atomic E-state index is 0.258. The van der Waals surface area contributed by atoms with Gasteiger partial charge in [0.2, 0.25) is 11.7 Å². The molecular formula is C18H24N2O4. The molecule has 3 aliphatic heterocycles. The fraction of sp³-hybridized carbons (Fsp3) is 0.667. The second kappa shape index (κ2) is 6.24. The molecule has 3 saturated heterocycles. The van der Waals surface area contributed by atoms with Crippen molar-refractivity contribution in [3.63, 3.8) is 0 Å². The lowest BCUT2D eigenvalue weighted by Crippen LogP contribution is -2.60. The number of carbonyl (C=O) groups is 2. The zero-order chi connectivity index (χ0) is 16.7. The summed E-state index contributed by atoms with van der Waals surface area (Å²) in [7, 11) is 1.35. The van der Waals surface area contributed by atoms with Gasteiger partial charge >= 0.3 is 5.97 Å². The highest BCUT2D eigenvalue weighted by Crippen LogP contribution is 2.38. The van der Waals surface area contributed by atoms with E-state index < -0.39 is 5.97 Å². The van der Waals surface area contributed by atoms with Crippen molar-refractivity contribution in [2.24, 2.45) is 11.8 Å². The van der Waals surface area contributed by atoms with Gasteiger partial charge in [0.1, 0.15) is 5.76 Å². The Balaban J connectivity index is 1.43. The van der Waals surface area contributed by atoms with E-state index in [1.807, 2.05) is 6.07 Å². The fourth-order valence-corrected chi connectivity index (χ4v) is 4.73. The van der Waals surface area contributed by atoms with Crippen LogP contribution >= 0.6 is 0 Å². The van der Waals surface area contributed by atoms with E-state index in [1.54, 1.807) is 6.07 Å². The highest BCUT2D eigenvalue weighted by atomic mass is 16.5. The average Bonchev–Trinajstić information content (AvgIpc) is 3.03. The maximum absolute atomic E-state index is 12.2. The maximum Gasteiger partial charge on any atom is 0.373 e. The zero-order valence-electron chi connectivity index (χ0n) is 14.1.